The maximum Gasteiger partial charge on any atom is 0.237 e. The molecule has 0 saturated carbocycles. The summed E-state index contributed by atoms with van der Waals surface area (Å²) in [6, 6.07) is 11.2. The van der Waals surface area contributed by atoms with Crippen LogP contribution in [0.25, 0.3) is 0 Å². The van der Waals surface area contributed by atoms with E-state index in [2.05, 4.69) is 35.8 Å². The number of amides is 1. The lowest BCUT2D eigenvalue weighted by Crippen LogP contribution is -2.47. The molecule has 1 amide bonds. The Labute approximate surface area is 145 Å². The first-order valence-corrected chi connectivity index (χ1v) is 9.13. The summed E-state index contributed by atoms with van der Waals surface area (Å²) in [7, 11) is 2.00. The van der Waals surface area contributed by atoms with Gasteiger partial charge in [-0.1, -0.05) is 30.3 Å². The van der Waals surface area contributed by atoms with Gasteiger partial charge < -0.3 is 10.0 Å². The predicted octanol–water partition coefficient (Wildman–Crippen LogP) is 2.31. The first kappa shape index (κ1) is 17.4. The molecule has 0 aromatic heterocycles. The fraction of sp³-hybridized carbons (Fsp3) is 0.650. The van der Waals surface area contributed by atoms with E-state index >= 15 is 0 Å². The predicted molar refractivity (Wildman–Crippen MR) is 95.7 cm³/mol. The third-order valence-corrected chi connectivity index (χ3v) is 6.12. The number of nitrogens with zero attached hydrogens (tertiary/aromatic N) is 2. The minimum Gasteiger partial charge on any atom is -0.396 e. The van der Waals surface area contributed by atoms with E-state index in [9.17, 15) is 9.90 Å². The van der Waals surface area contributed by atoms with Gasteiger partial charge in [-0.05, 0) is 52.1 Å². The Balaban J connectivity index is 1.77. The summed E-state index contributed by atoms with van der Waals surface area (Å²) in [5.41, 5.74) is 1.09. The van der Waals surface area contributed by atoms with Gasteiger partial charge in [-0.25, -0.2) is 0 Å². The van der Waals surface area contributed by atoms with Crippen molar-refractivity contribution in [1.82, 2.24) is 9.80 Å². The van der Waals surface area contributed by atoms with E-state index in [1.807, 2.05) is 25.2 Å². The molecule has 3 rings (SSSR count). The molecule has 1 N–H and O–H groups in total. The Morgan fingerprint density at radius 1 is 1.33 bits per heavy atom. The largest absolute Gasteiger partial charge is 0.396 e. The number of hydrogen-bond donors (Lipinski definition) is 1. The van der Waals surface area contributed by atoms with E-state index in [0.717, 1.165) is 25.7 Å². The molecule has 2 saturated heterocycles. The Bertz CT molecular complexity index is 574. The number of carbonyl (C=O) groups excluding carboxylic acids is 1. The first-order valence-electron chi connectivity index (χ1n) is 9.13. The zero-order valence-electron chi connectivity index (χ0n) is 15.1. The standard InChI is InChI=1S/C20H30N2O2/c1-15(2)21(3)13-19(24)22-17-9-10-18(22)20(12-17,14-23)11-16-7-5-4-6-8-16/h4-8,15,17-18,23H,9-14H2,1-3H3/t17-,18+,20-/m0/s1. The van der Waals surface area contributed by atoms with Gasteiger partial charge in [0.1, 0.15) is 0 Å². The summed E-state index contributed by atoms with van der Waals surface area (Å²) in [5.74, 6) is 0.224. The SMILES string of the molecule is CC(C)N(C)CC(=O)N1[C@H]2CC[C@@H]1[C@@](CO)(Cc1ccccc1)C2. The van der Waals surface area contributed by atoms with Crippen LogP contribution in [0.1, 0.15) is 38.7 Å². The molecule has 24 heavy (non-hydrogen) atoms. The van der Waals surface area contributed by atoms with Crippen LogP contribution in [0.5, 0.6) is 0 Å². The van der Waals surface area contributed by atoms with E-state index in [1.54, 1.807) is 0 Å². The quantitative estimate of drug-likeness (QED) is 0.870. The van der Waals surface area contributed by atoms with E-state index in [4.69, 9.17) is 0 Å². The van der Waals surface area contributed by atoms with Crippen LogP contribution in [-0.2, 0) is 11.2 Å². The van der Waals surface area contributed by atoms with Crippen LogP contribution in [0, 0.1) is 5.41 Å². The average Bonchev–Trinajstić information content (AvgIpc) is 3.11. The van der Waals surface area contributed by atoms with Crippen LogP contribution in [0.4, 0.5) is 0 Å². The Hall–Kier alpha value is -1.39. The van der Waals surface area contributed by atoms with E-state index in [1.165, 1.54) is 5.56 Å². The van der Waals surface area contributed by atoms with Gasteiger partial charge in [0.05, 0.1) is 13.2 Å². The van der Waals surface area contributed by atoms with E-state index < -0.39 is 0 Å². The molecule has 4 heteroatoms. The third kappa shape index (κ3) is 3.09. The van der Waals surface area contributed by atoms with E-state index in [0.29, 0.717) is 18.6 Å². The highest BCUT2D eigenvalue weighted by atomic mass is 16.3. The van der Waals surface area contributed by atoms with Gasteiger partial charge in [-0.2, -0.15) is 0 Å². The number of aliphatic hydroxyl groups excluding tert-OH is 1. The fourth-order valence-electron chi connectivity index (χ4n) is 4.56. The molecule has 1 aromatic rings. The topological polar surface area (TPSA) is 43.8 Å². The molecule has 2 bridgehead atoms. The number of rotatable bonds is 6. The molecule has 1 aromatic carbocycles. The number of fused-ring (bicyclic) bond motifs is 2. The van der Waals surface area contributed by atoms with Gasteiger partial charge in [0.15, 0.2) is 0 Å². The van der Waals surface area contributed by atoms with Gasteiger partial charge in [-0.15, -0.1) is 0 Å². The number of aliphatic hydroxyl groups is 1. The van der Waals surface area contributed by atoms with Crippen LogP contribution in [0.2, 0.25) is 0 Å². The smallest absolute Gasteiger partial charge is 0.237 e. The average molecular weight is 330 g/mol. The molecule has 2 aliphatic heterocycles. The van der Waals surface area contributed by atoms with Crippen molar-refractivity contribution in [3.63, 3.8) is 0 Å². The van der Waals surface area contributed by atoms with Crippen molar-refractivity contribution < 1.29 is 9.90 Å². The minimum atomic E-state index is -0.170. The second-order valence-electron chi connectivity index (χ2n) is 7.94. The van der Waals surface area contributed by atoms with Crippen LogP contribution >= 0.6 is 0 Å². The Kier molecular flexibility index (Phi) is 4.97. The van der Waals surface area contributed by atoms with Crippen LogP contribution < -0.4 is 0 Å². The number of benzene rings is 1. The number of carbonyl (C=O) groups is 1. The molecule has 3 atom stereocenters. The minimum absolute atomic E-state index is 0.160. The lowest BCUT2D eigenvalue weighted by atomic mass is 9.70. The summed E-state index contributed by atoms with van der Waals surface area (Å²) in [6.45, 7) is 4.85. The Morgan fingerprint density at radius 3 is 2.67 bits per heavy atom. The molecule has 132 valence electrons. The molecule has 0 aliphatic carbocycles. The van der Waals surface area contributed by atoms with Crippen LogP contribution in [-0.4, -0.2) is 59.1 Å². The zero-order chi connectivity index (χ0) is 17.3. The Morgan fingerprint density at radius 2 is 2.04 bits per heavy atom. The molecular weight excluding hydrogens is 300 g/mol. The summed E-state index contributed by atoms with van der Waals surface area (Å²) >= 11 is 0. The van der Waals surface area contributed by atoms with Gasteiger partial charge in [0.2, 0.25) is 5.91 Å². The molecule has 0 spiro atoms. The molecular formula is C20H30N2O2. The fourth-order valence-corrected chi connectivity index (χ4v) is 4.56. The van der Waals surface area contributed by atoms with Crippen molar-refractivity contribution >= 4 is 5.91 Å². The summed E-state index contributed by atoms with van der Waals surface area (Å²) in [6.07, 6.45) is 3.89. The first-order chi connectivity index (χ1) is 11.5. The van der Waals surface area contributed by atoms with Crippen molar-refractivity contribution in [3.05, 3.63) is 35.9 Å². The second kappa shape index (κ2) is 6.85. The zero-order valence-corrected chi connectivity index (χ0v) is 15.1. The van der Waals surface area contributed by atoms with Crippen molar-refractivity contribution in [2.45, 2.75) is 57.7 Å². The highest BCUT2D eigenvalue weighted by molar-refractivity contribution is 5.80. The number of hydrogen-bond acceptors (Lipinski definition) is 3. The highest BCUT2D eigenvalue weighted by Crippen LogP contribution is 2.51. The van der Waals surface area contributed by atoms with Crippen molar-refractivity contribution in [1.29, 1.82) is 0 Å². The molecule has 2 heterocycles. The van der Waals surface area contributed by atoms with Gasteiger partial charge in [0, 0.05) is 23.5 Å². The van der Waals surface area contributed by atoms with Crippen molar-refractivity contribution in [3.8, 4) is 0 Å². The summed E-state index contributed by atoms with van der Waals surface area (Å²) in [5, 5.41) is 10.2. The highest BCUT2D eigenvalue weighted by Gasteiger charge is 2.56. The molecule has 2 fully saturated rings. The lowest BCUT2D eigenvalue weighted by molar-refractivity contribution is -0.134. The van der Waals surface area contributed by atoms with Gasteiger partial charge >= 0.3 is 0 Å². The monoisotopic (exact) mass is 330 g/mol. The molecule has 2 aliphatic rings. The maximum atomic E-state index is 12.9. The molecule has 0 radical (unpaired) electrons. The lowest BCUT2D eigenvalue weighted by Gasteiger charge is -2.36. The van der Waals surface area contributed by atoms with Crippen LogP contribution in [0.3, 0.4) is 0 Å². The second-order valence-corrected chi connectivity index (χ2v) is 7.94. The number of likely N-dealkylation sites (N-methyl/N-ethyl adjacent to an activating group) is 1. The third-order valence-electron chi connectivity index (χ3n) is 6.12. The van der Waals surface area contributed by atoms with Crippen molar-refractivity contribution in [2.24, 2.45) is 5.41 Å². The normalized spacial score (nSPS) is 29.0. The van der Waals surface area contributed by atoms with Crippen LogP contribution in [0.15, 0.2) is 30.3 Å². The summed E-state index contributed by atoms with van der Waals surface area (Å²) < 4.78 is 0. The summed E-state index contributed by atoms with van der Waals surface area (Å²) in [4.78, 5) is 17.1. The molecule has 0 unspecified atom stereocenters. The van der Waals surface area contributed by atoms with Gasteiger partial charge in [0.25, 0.3) is 0 Å². The molecule has 4 nitrogen and oxygen atoms in total. The van der Waals surface area contributed by atoms with E-state index in [-0.39, 0.29) is 24.0 Å². The van der Waals surface area contributed by atoms with Crippen molar-refractivity contribution in [2.75, 3.05) is 20.2 Å². The van der Waals surface area contributed by atoms with Gasteiger partial charge in [-0.3, -0.25) is 9.69 Å². The maximum absolute atomic E-state index is 12.9.